The minimum atomic E-state index is -1.03. The molecule has 0 aromatic heterocycles. The second-order valence-corrected chi connectivity index (χ2v) is 8.43. The molecule has 0 saturated carbocycles. The van der Waals surface area contributed by atoms with Crippen LogP contribution in [-0.2, 0) is 14.4 Å². The summed E-state index contributed by atoms with van der Waals surface area (Å²) in [6, 6.07) is 7.33. The van der Waals surface area contributed by atoms with Crippen LogP contribution in [0, 0.1) is 0 Å². The third-order valence-corrected chi connectivity index (χ3v) is 5.97. The van der Waals surface area contributed by atoms with Crippen molar-refractivity contribution in [2.24, 2.45) is 0 Å². The molecule has 3 rings (SSSR count). The zero-order chi connectivity index (χ0) is 18.4. The first-order valence-electron chi connectivity index (χ1n) is 7.97. The zero-order valence-corrected chi connectivity index (χ0v) is 14.9. The number of rotatable bonds is 5. The third kappa shape index (κ3) is 3.06. The molecule has 2 N–H and O–H groups in total. The molecular formula is C17H20N2O5S. The fourth-order valence-electron chi connectivity index (χ4n) is 3.17. The summed E-state index contributed by atoms with van der Waals surface area (Å²) in [5, 5.41) is 11.7. The van der Waals surface area contributed by atoms with Gasteiger partial charge < -0.3 is 20.1 Å². The van der Waals surface area contributed by atoms with Crippen LogP contribution in [0.2, 0.25) is 0 Å². The maximum atomic E-state index is 12.4. The van der Waals surface area contributed by atoms with Gasteiger partial charge >= 0.3 is 5.97 Å². The predicted octanol–water partition coefficient (Wildman–Crippen LogP) is 1.09. The van der Waals surface area contributed by atoms with Gasteiger partial charge in [0.25, 0.3) is 5.91 Å². The quantitative estimate of drug-likeness (QED) is 0.759. The van der Waals surface area contributed by atoms with Gasteiger partial charge in [-0.2, -0.15) is 0 Å². The van der Waals surface area contributed by atoms with E-state index in [0.29, 0.717) is 5.75 Å². The van der Waals surface area contributed by atoms with Crippen molar-refractivity contribution < 1.29 is 24.2 Å². The molecule has 8 heteroatoms. The number of aliphatic carboxylic acids is 1. The predicted molar refractivity (Wildman–Crippen MR) is 92.2 cm³/mol. The number of carbonyl (C=O) groups is 3. The summed E-state index contributed by atoms with van der Waals surface area (Å²) in [5.74, 6) is -1.23. The number of amides is 2. The molecule has 7 nitrogen and oxygen atoms in total. The van der Waals surface area contributed by atoms with E-state index in [4.69, 9.17) is 4.74 Å². The molecule has 2 amide bonds. The average molecular weight is 364 g/mol. The molecule has 2 heterocycles. The number of β-lactam (4-membered cyclic amide) rings is 1. The fraction of sp³-hybridized carbons (Fsp3) is 0.471. The molecule has 2 saturated heterocycles. The van der Waals surface area contributed by atoms with Crippen molar-refractivity contribution in [1.82, 2.24) is 10.2 Å². The highest BCUT2D eigenvalue weighted by atomic mass is 32.2. The van der Waals surface area contributed by atoms with Gasteiger partial charge in [0.1, 0.15) is 23.2 Å². The molecule has 2 aliphatic rings. The lowest BCUT2D eigenvalue weighted by molar-refractivity contribution is -0.161. The van der Waals surface area contributed by atoms with E-state index in [1.54, 1.807) is 45.0 Å². The molecule has 2 aliphatic heterocycles. The Morgan fingerprint density at radius 2 is 1.96 bits per heavy atom. The summed E-state index contributed by atoms with van der Waals surface area (Å²) in [6.45, 7) is 5.19. The number of carboxylic acids is 1. The Balaban J connectivity index is 1.64. The van der Waals surface area contributed by atoms with Crippen molar-refractivity contribution in [2.75, 3.05) is 0 Å². The first-order chi connectivity index (χ1) is 11.7. The highest BCUT2D eigenvalue weighted by molar-refractivity contribution is 8.01. The van der Waals surface area contributed by atoms with Crippen LogP contribution in [0.25, 0.3) is 0 Å². The van der Waals surface area contributed by atoms with E-state index < -0.39 is 34.8 Å². The van der Waals surface area contributed by atoms with E-state index in [9.17, 15) is 19.5 Å². The van der Waals surface area contributed by atoms with Gasteiger partial charge in [-0.3, -0.25) is 9.59 Å². The van der Waals surface area contributed by atoms with Gasteiger partial charge in [0.2, 0.25) is 5.91 Å². The Hall–Kier alpha value is -2.22. The number of para-hydroxylation sites is 1. The number of benzene rings is 1. The highest BCUT2D eigenvalue weighted by Gasteiger charge is 2.64. The summed E-state index contributed by atoms with van der Waals surface area (Å²) in [5.41, 5.74) is 0. The van der Waals surface area contributed by atoms with Crippen molar-refractivity contribution in [3.63, 3.8) is 0 Å². The summed E-state index contributed by atoms with van der Waals surface area (Å²) in [6.07, 6.45) is -0.765. The smallest absolute Gasteiger partial charge is 0.327 e. The van der Waals surface area contributed by atoms with Crippen molar-refractivity contribution in [1.29, 1.82) is 0 Å². The molecule has 1 aromatic rings. The molecule has 0 aliphatic carbocycles. The highest BCUT2D eigenvalue weighted by Crippen LogP contribution is 2.50. The zero-order valence-electron chi connectivity index (χ0n) is 14.1. The molecule has 25 heavy (non-hydrogen) atoms. The van der Waals surface area contributed by atoms with Gasteiger partial charge in [-0.1, -0.05) is 18.2 Å². The Labute approximate surface area is 149 Å². The van der Waals surface area contributed by atoms with E-state index in [2.05, 4.69) is 5.32 Å². The fourth-order valence-corrected chi connectivity index (χ4v) is 4.80. The second kappa shape index (κ2) is 6.25. The molecule has 1 aromatic carbocycles. The van der Waals surface area contributed by atoms with Crippen molar-refractivity contribution >= 4 is 29.5 Å². The number of nitrogens with zero attached hydrogens (tertiary/aromatic N) is 1. The number of carbonyl (C=O) groups excluding carboxylic acids is 2. The van der Waals surface area contributed by atoms with Gasteiger partial charge in [-0.15, -0.1) is 11.8 Å². The lowest BCUT2D eigenvalue weighted by Gasteiger charge is -2.43. The van der Waals surface area contributed by atoms with E-state index in [-0.39, 0.29) is 11.3 Å². The van der Waals surface area contributed by atoms with Crippen LogP contribution in [0.3, 0.4) is 0 Å². The molecule has 0 spiro atoms. The molecule has 4 atom stereocenters. The Morgan fingerprint density at radius 3 is 2.56 bits per heavy atom. The maximum absolute atomic E-state index is 12.4. The topological polar surface area (TPSA) is 95.9 Å². The first kappa shape index (κ1) is 17.6. The number of fused-ring (bicyclic) bond motifs is 1. The second-order valence-electron chi connectivity index (χ2n) is 6.66. The molecule has 2 fully saturated rings. The van der Waals surface area contributed by atoms with Crippen LogP contribution in [0.15, 0.2) is 30.3 Å². The lowest BCUT2D eigenvalue weighted by atomic mass is 9.96. The van der Waals surface area contributed by atoms with Gasteiger partial charge in [-0.05, 0) is 32.9 Å². The summed E-state index contributed by atoms with van der Waals surface area (Å²) >= 11 is 1.39. The molecule has 0 unspecified atom stereocenters. The summed E-state index contributed by atoms with van der Waals surface area (Å²) < 4.78 is 4.94. The average Bonchev–Trinajstić information content (AvgIpc) is 2.81. The first-order valence-corrected chi connectivity index (χ1v) is 8.85. The monoisotopic (exact) mass is 364 g/mol. The SMILES string of the molecule is C[C@H](Oc1ccccc1)C(=O)N[C@H]1C(=O)N2[C@@H]1SC(C)(C)[C@H]2C(=O)O. The Morgan fingerprint density at radius 1 is 1.32 bits per heavy atom. The number of hydrogen-bond acceptors (Lipinski definition) is 5. The summed E-state index contributed by atoms with van der Waals surface area (Å²) in [7, 11) is 0. The number of hydrogen-bond donors (Lipinski definition) is 2. The third-order valence-electron chi connectivity index (χ3n) is 4.40. The van der Waals surface area contributed by atoms with Crippen LogP contribution in [0.4, 0.5) is 0 Å². The van der Waals surface area contributed by atoms with Crippen LogP contribution in [0.1, 0.15) is 20.8 Å². The summed E-state index contributed by atoms with van der Waals surface area (Å²) in [4.78, 5) is 37.5. The number of carboxylic acid groups (broad SMARTS) is 1. The normalized spacial score (nSPS) is 27.9. The van der Waals surface area contributed by atoms with Crippen molar-refractivity contribution in [2.45, 2.75) is 49.1 Å². The molecule has 0 bridgehead atoms. The van der Waals surface area contributed by atoms with Crippen LogP contribution >= 0.6 is 11.8 Å². The van der Waals surface area contributed by atoms with Crippen molar-refractivity contribution in [3.8, 4) is 5.75 Å². The van der Waals surface area contributed by atoms with Crippen molar-refractivity contribution in [3.05, 3.63) is 30.3 Å². The van der Waals surface area contributed by atoms with E-state index in [1.165, 1.54) is 16.7 Å². The standard InChI is InChI=1S/C17H20N2O5S/c1-9(24-10-7-5-4-6-8-10)13(20)18-11-14(21)19-12(16(22)23)17(2,3)25-15(11)19/h4-9,11-12,15H,1-3H3,(H,18,20)(H,22,23)/t9-,11-,12+,15+/m0/s1. The minimum Gasteiger partial charge on any atom is -0.481 e. The maximum Gasteiger partial charge on any atom is 0.327 e. The van der Waals surface area contributed by atoms with E-state index >= 15 is 0 Å². The van der Waals surface area contributed by atoms with Crippen LogP contribution < -0.4 is 10.1 Å². The van der Waals surface area contributed by atoms with Gasteiger partial charge in [0.05, 0.1) is 0 Å². The molecular weight excluding hydrogens is 344 g/mol. The van der Waals surface area contributed by atoms with Gasteiger partial charge in [0, 0.05) is 4.75 Å². The minimum absolute atomic E-state index is 0.364. The number of ether oxygens (including phenoxy) is 1. The number of thioether (sulfide) groups is 1. The Bertz CT molecular complexity index is 708. The molecule has 134 valence electrons. The van der Waals surface area contributed by atoms with Gasteiger partial charge in [-0.25, -0.2) is 4.79 Å². The lowest BCUT2D eigenvalue weighted by Crippen LogP contribution is -2.71. The van der Waals surface area contributed by atoms with Gasteiger partial charge in [0.15, 0.2) is 6.10 Å². The van der Waals surface area contributed by atoms with Crippen LogP contribution in [-0.4, -0.2) is 56.1 Å². The number of nitrogens with one attached hydrogen (secondary N) is 1. The Kier molecular flexibility index (Phi) is 4.40. The largest absolute Gasteiger partial charge is 0.481 e. The van der Waals surface area contributed by atoms with E-state index in [1.807, 2.05) is 6.07 Å². The van der Waals surface area contributed by atoms with E-state index in [0.717, 1.165) is 0 Å². The van der Waals surface area contributed by atoms with Crippen LogP contribution in [0.5, 0.6) is 5.75 Å². The molecule has 0 radical (unpaired) electrons.